The second-order valence-electron chi connectivity index (χ2n) is 3.11. The molecule has 2 aromatic rings. The van der Waals surface area contributed by atoms with Gasteiger partial charge >= 0.3 is 0 Å². The fraction of sp³-hybridized carbons (Fsp3) is 0.200. The quantitative estimate of drug-likeness (QED) is 0.704. The van der Waals surface area contributed by atoms with Gasteiger partial charge in [-0.15, -0.1) is 0 Å². The summed E-state index contributed by atoms with van der Waals surface area (Å²) < 4.78 is 1.20. The van der Waals surface area contributed by atoms with Gasteiger partial charge in [-0.1, -0.05) is 6.07 Å². The topological polar surface area (TPSA) is 15.8 Å². The van der Waals surface area contributed by atoms with Crippen LogP contribution in [0, 0.1) is 13.8 Å². The van der Waals surface area contributed by atoms with Gasteiger partial charge in [-0.05, 0) is 47.5 Å². The number of fused-ring (bicyclic) bond motifs is 1. The summed E-state index contributed by atoms with van der Waals surface area (Å²) in [6.07, 6.45) is 0. The summed E-state index contributed by atoms with van der Waals surface area (Å²) in [5.74, 6) is 0. The normalized spacial score (nSPS) is 10.9. The minimum Gasteiger partial charge on any atom is -0.359 e. The van der Waals surface area contributed by atoms with Crippen molar-refractivity contribution in [1.29, 1.82) is 0 Å². The van der Waals surface area contributed by atoms with Gasteiger partial charge < -0.3 is 4.98 Å². The lowest BCUT2D eigenvalue weighted by Gasteiger charge is -1.97. The third-order valence-corrected chi connectivity index (χ3v) is 3.12. The lowest BCUT2D eigenvalue weighted by atomic mass is 10.2. The first-order valence-corrected chi connectivity index (χ1v) is 4.72. The van der Waals surface area contributed by atoms with Crippen LogP contribution in [0.3, 0.4) is 0 Å². The van der Waals surface area contributed by atoms with Gasteiger partial charge in [-0.25, -0.2) is 0 Å². The van der Waals surface area contributed by atoms with E-state index < -0.39 is 0 Å². The number of nitrogens with one attached hydrogen (secondary N) is 1. The Hall–Kier alpha value is -0.760. The number of aromatic amines is 1. The predicted molar refractivity (Wildman–Crippen MR) is 55.5 cm³/mol. The standard InChI is InChI=1S/C10H10BrN/c1-6-3-4-9-8(10(6)11)5-7(2)12-9/h3-5,12H,1-2H3. The number of aromatic nitrogens is 1. The molecule has 0 unspecified atom stereocenters. The van der Waals surface area contributed by atoms with Crippen LogP contribution >= 0.6 is 15.9 Å². The number of halogens is 1. The molecule has 0 radical (unpaired) electrons. The maximum Gasteiger partial charge on any atom is 0.0467 e. The zero-order valence-corrected chi connectivity index (χ0v) is 8.70. The average molecular weight is 224 g/mol. The molecule has 12 heavy (non-hydrogen) atoms. The SMILES string of the molecule is Cc1cc2c(Br)c(C)ccc2[nH]1. The van der Waals surface area contributed by atoms with Crippen molar-refractivity contribution in [2.45, 2.75) is 13.8 Å². The van der Waals surface area contributed by atoms with Crippen molar-refractivity contribution >= 4 is 26.8 Å². The van der Waals surface area contributed by atoms with Crippen LogP contribution in [-0.2, 0) is 0 Å². The largest absolute Gasteiger partial charge is 0.359 e. The molecule has 0 spiro atoms. The van der Waals surface area contributed by atoms with Gasteiger partial charge in [0.05, 0.1) is 0 Å². The van der Waals surface area contributed by atoms with Gasteiger partial charge in [0.1, 0.15) is 0 Å². The summed E-state index contributed by atoms with van der Waals surface area (Å²) in [7, 11) is 0. The van der Waals surface area contributed by atoms with E-state index in [0.717, 1.165) is 0 Å². The molecule has 2 rings (SSSR count). The molecule has 1 nitrogen and oxygen atoms in total. The summed E-state index contributed by atoms with van der Waals surface area (Å²) >= 11 is 3.57. The van der Waals surface area contributed by atoms with Crippen LogP contribution in [0.4, 0.5) is 0 Å². The lowest BCUT2D eigenvalue weighted by molar-refractivity contribution is 1.30. The van der Waals surface area contributed by atoms with E-state index >= 15 is 0 Å². The summed E-state index contributed by atoms with van der Waals surface area (Å²) in [6, 6.07) is 6.39. The number of rotatable bonds is 0. The lowest BCUT2D eigenvalue weighted by Crippen LogP contribution is -1.75. The molecule has 62 valence electrons. The molecule has 0 aliphatic rings. The van der Waals surface area contributed by atoms with Crippen molar-refractivity contribution in [2.75, 3.05) is 0 Å². The van der Waals surface area contributed by atoms with Crippen LogP contribution < -0.4 is 0 Å². The molecule has 1 aromatic carbocycles. The molecule has 0 fully saturated rings. The summed E-state index contributed by atoms with van der Waals surface area (Å²) in [6.45, 7) is 4.17. The van der Waals surface area contributed by atoms with Gasteiger partial charge in [0.2, 0.25) is 0 Å². The summed E-state index contributed by atoms with van der Waals surface area (Å²) in [5, 5.41) is 1.27. The molecule has 1 N–H and O–H groups in total. The summed E-state index contributed by atoms with van der Waals surface area (Å²) in [4.78, 5) is 3.30. The molecule has 0 amide bonds. The molecular weight excluding hydrogens is 214 g/mol. The Morgan fingerprint density at radius 2 is 2.00 bits per heavy atom. The molecule has 0 saturated heterocycles. The van der Waals surface area contributed by atoms with Gasteiger partial charge in [0.25, 0.3) is 0 Å². The Kier molecular flexibility index (Phi) is 1.72. The van der Waals surface area contributed by atoms with E-state index in [9.17, 15) is 0 Å². The van der Waals surface area contributed by atoms with Crippen LogP contribution in [0.1, 0.15) is 11.3 Å². The first-order valence-electron chi connectivity index (χ1n) is 3.93. The highest BCUT2D eigenvalue weighted by atomic mass is 79.9. The highest BCUT2D eigenvalue weighted by molar-refractivity contribution is 9.10. The van der Waals surface area contributed by atoms with E-state index in [0.29, 0.717) is 0 Å². The van der Waals surface area contributed by atoms with Crippen LogP contribution in [0.25, 0.3) is 10.9 Å². The third-order valence-electron chi connectivity index (χ3n) is 2.07. The number of H-pyrrole nitrogens is 1. The van der Waals surface area contributed by atoms with Crippen molar-refractivity contribution in [3.63, 3.8) is 0 Å². The van der Waals surface area contributed by atoms with Crippen LogP contribution in [-0.4, -0.2) is 4.98 Å². The van der Waals surface area contributed by atoms with Gasteiger partial charge in [0, 0.05) is 21.1 Å². The smallest absolute Gasteiger partial charge is 0.0467 e. The highest BCUT2D eigenvalue weighted by Crippen LogP contribution is 2.27. The molecule has 1 heterocycles. The van der Waals surface area contributed by atoms with Crippen LogP contribution in [0.5, 0.6) is 0 Å². The Labute approximate surface area is 79.9 Å². The third kappa shape index (κ3) is 1.07. The maximum atomic E-state index is 3.57. The van der Waals surface area contributed by atoms with E-state index in [4.69, 9.17) is 0 Å². The predicted octanol–water partition coefficient (Wildman–Crippen LogP) is 3.55. The van der Waals surface area contributed by atoms with E-state index in [1.54, 1.807) is 0 Å². The van der Waals surface area contributed by atoms with Crippen molar-refractivity contribution in [3.8, 4) is 0 Å². The number of aryl methyl sites for hydroxylation is 2. The zero-order valence-electron chi connectivity index (χ0n) is 7.11. The molecule has 0 saturated carbocycles. The Morgan fingerprint density at radius 3 is 2.75 bits per heavy atom. The van der Waals surface area contributed by atoms with Gasteiger partial charge in [0.15, 0.2) is 0 Å². The number of hydrogen-bond acceptors (Lipinski definition) is 0. The van der Waals surface area contributed by atoms with Crippen molar-refractivity contribution < 1.29 is 0 Å². The second kappa shape index (κ2) is 2.63. The minimum atomic E-state index is 1.20. The number of benzene rings is 1. The minimum absolute atomic E-state index is 1.20. The molecule has 2 heteroatoms. The Bertz CT molecular complexity index is 429. The second-order valence-corrected chi connectivity index (χ2v) is 3.90. The zero-order chi connectivity index (χ0) is 8.72. The van der Waals surface area contributed by atoms with Crippen molar-refractivity contribution in [1.82, 2.24) is 4.98 Å². The van der Waals surface area contributed by atoms with Crippen LogP contribution in [0.2, 0.25) is 0 Å². The molecule has 1 aromatic heterocycles. The fourth-order valence-corrected chi connectivity index (χ4v) is 1.88. The highest BCUT2D eigenvalue weighted by Gasteiger charge is 2.02. The fourth-order valence-electron chi connectivity index (χ4n) is 1.42. The van der Waals surface area contributed by atoms with Crippen LogP contribution in [0.15, 0.2) is 22.7 Å². The monoisotopic (exact) mass is 223 g/mol. The first kappa shape index (κ1) is 7.87. The Balaban J connectivity index is 2.89. The summed E-state index contributed by atoms with van der Waals surface area (Å²) in [5.41, 5.74) is 3.68. The first-order chi connectivity index (χ1) is 5.68. The molecule has 0 bridgehead atoms. The van der Waals surface area contributed by atoms with Gasteiger partial charge in [-0.2, -0.15) is 0 Å². The Morgan fingerprint density at radius 1 is 1.25 bits per heavy atom. The van der Waals surface area contributed by atoms with E-state index in [1.165, 1.54) is 26.6 Å². The average Bonchev–Trinajstić information content (AvgIpc) is 2.39. The van der Waals surface area contributed by atoms with E-state index in [2.05, 4.69) is 53.0 Å². The molecule has 0 atom stereocenters. The molecular formula is C10H10BrN. The maximum absolute atomic E-state index is 3.57. The van der Waals surface area contributed by atoms with Gasteiger partial charge in [-0.3, -0.25) is 0 Å². The van der Waals surface area contributed by atoms with E-state index in [-0.39, 0.29) is 0 Å². The van der Waals surface area contributed by atoms with E-state index in [1.807, 2.05) is 0 Å². The number of hydrogen-bond donors (Lipinski definition) is 1. The van der Waals surface area contributed by atoms with Crippen molar-refractivity contribution in [3.05, 3.63) is 33.9 Å². The molecule has 0 aliphatic carbocycles. The molecule has 0 aliphatic heterocycles. The van der Waals surface area contributed by atoms with Crippen molar-refractivity contribution in [2.24, 2.45) is 0 Å².